The molecule has 28 heavy (non-hydrogen) atoms. The first-order chi connectivity index (χ1) is 13.7. The second-order valence-corrected chi connectivity index (χ2v) is 7.15. The number of imidazole rings is 1. The number of aryl methyl sites for hydroxylation is 1. The molecular weight excluding hydrogens is 354 g/mol. The van der Waals surface area contributed by atoms with Gasteiger partial charge in [0.1, 0.15) is 5.75 Å². The molecule has 148 valence electrons. The number of aromatic nitrogens is 4. The number of rotatable bonds is 6. The predicted molar refractivity (Wildman–Crippen MR) is 111 cm³/mol. The zero-order valence-corrected chi connectivity index (χ0v) is 16.4. The minimum absolute atomic E-state index is 0.124. The van der Waals surface area contributed by atoms with E-state index in [-0.39, 0.29) is 12.1 Å². The highest BCUT2D eigenvalue weighted by atomic mass is 16.5. The van der Waals surface area contributed by atoms with Crippen molar-refractivity contribution in [3.63, 3.8) is 0 Å². The van der Waals surface area contributed by atoms with Crippen LogP contribution in [0.2, 0.25) is 0 Å². The van der Waals surface area contributed by atoms with E-state index in [0.717, 1.165) is 42.0 Å². The van der Waals surface area contributed by atoms with E-state index in [1.807, 2.05) is 28.8 Å². The van der Waals surface area contributed by atoms with Crippen molar-refractivity contribution in [3.8, 4) is 5.75 Å². The van der Waals surface area contributed by atoms with Gasteiger partial charge in [0.2, 0.25) is 5.95 Å². The lowest BCUT2D eigenvalue weighted by Crippen LogP contribution is -2.43. The SMILES string of the molecule is CCn1cnc2c(Nc3cccc(OC)c3)nc(N[C@@H]3CCCC[C@@H]3N)nc21. The van der Waals surface area contributed by atoms with Gasteiger partial charge < -0.3 is 25.7 Å². The summed E-state index contributed by atoms with van der Waals surface area (Å²) in [5.74, 6) is 2.02. The maximum atomic E-state index is 6.30. The third-order valence-electron chi connectivity index (χ3n) is 5.27. The zero-order chi connectivity index (χ0) is 19.5. The monoisotopic (exact) mass is 381 g/mol. The van der Waals surface area contributed by atoms with E-state index >= 15 is 0 Å². The van der Waals surface area contributed by atoms with Crippen LogP contribution in [0.15, 0.2) is 30.6 Å². The van der Waals surface area contributed by atoms with E-state index in [9.17, 15) is 0 Å². The molecular formula is C20H27N7O. The standard InChI is InChI=1S/C20H27N7O/c1-3-27-12-22-17-18(23-13-7-6-8-14(11-13)28-2)25-20(26-19(17)27)24-16-10-5-4-9-15(16)21/h6-8,11-12,15-16H,3-5,9-10,21H2,1-2H3,(H2,23,24,25,26)/t15-,16+/m0/s1. The van der Waals surface area contributed by atoms with Gasteiger partial charge in [0, 0.05) is 30.4 Å². The largest absolute Gasteiger partial charge is 0.497 e. The van der Waals surface area contributed by atoms with Gasteiger partial charge in [-0.3, -0.25) is 0 Å². The van der Waals surface area contributed by atoms with Crippen LogP contribution in [0, 0.1) is 0 Å². The summed E-state index contributed by atoms with van der Waals surface area (Å²) in [6.07, 6.45) is 6.22. The molecule has 1 aliphatic rings. The Balaban J connectivity index is 1.70. The molecule has 8 heteroatoms. The molecule has 2 aromatic heterocycles. The number of anilines is 3. The molecule has 4 rings (SSSR count). The summed E-state index contributed by atoms with van der Waals surface area (Å²) in [6, 6.07) is 8.05. The molecule has 0 radical (unpaired) electrons. The van der Waals surface area contributed by atoms with E-state index in [0.29, 0.717) is 11.8 Å². The number of nitrogens with zero attached hydrogens (tertiary/aromatic N) is 4. The Bertz CT molecular complexity index is 955. The fourth-order valence-electron chi connectivity index (χ4n) is 3.67. The average molecular weight is 381 g/mol. The molecule has 4 N–H and O–H groups in total. The van der Waals surface area contributed by atoms with Gasteiger partial charge in [-0.1, -0.05) is 18.9 Å². The molecule has 0 aliphatic heterocycles. The van der Waals surface area contributed by atoms with Crippen LogP contribution in [0.3, 0.4) is 0 Å². The quantitative estimate of drug-likeness (QED) is 0.602. The number of hydrogen-bond acceptors (Lipinski definition) is 7. The van der Waals surface area contributed by atoms with Gasteiger partial charge in [0.15, 0.2) is 17.0 Å². The topological polar surface area (TPSA) is 103 Å². The molecule has 1 fully saturated rings. The first-order valence-corrected chi connectivity index (χ1v) is 9.84. The Morgan fingerprint density at radius 3 is 2.89 bits per heavy atom. The number of nitrogens with one attached hydrogen (secondary N) is 2. The van der Waals surface area contributed by atoms with Gasteiger partial charge in [-0.25, -0.2) is 4.98 Å². The summed E-state index contributed by atoms with van der Waals surface area (Å²) < 4.78 is 7.33. The smallest absolute Gasteiger partial charge is 0.227 e. The summed E-state index contributed by atoms with van der Waals surface area (Å²) in [5, 5.41) is 6.83. The van der Waals surface area contributed by atoms with E-state index in [2.05, 4.69) is 22.5 Å². The number of fused-ring (bicyclic) bond motifs is 1. The van der Waals surface area contributed by atoms with Gasteiger partial charge >= 0.3 is 0 Å². The Hall–Kier alpha value is -2.87. The maximum absolute atomic E-state index is 6.30. The Labute approximate surface area is 164 Å². The normalized spacial score (nSPS) is 19.5. The van der Waals surface area contributed by atoms with Crippen LogP contribution in [-0.4, -0.2) is 38.7 Å². The van der Waals surface area contributed by atoms with Crippen LogP contribution in [-0.2, 0) is 6.54 Å². The van der Waals surface area contributed by atoms with Crippen molar-refractivity contribution < 1.29 is 4.74 Å². The summed E-state index contributed by atoms with van der Waals surface area (Å²) in [7, 11) is 1.65. The van der Waals surface area contributed by atoms with Crippen LogP contribution in [0.25, 0.3) is 11.2 Å². The molecule has 2 atom stereocenters. The van der Waals surface area contributed by atoms with Crippen LogP contribution in [0.1, 0.15) is 32.6 Å². The van der Waals surface area contributed by atoms with Crippen LogP contribution < -0.4 is 21.1 Å². The van der Waals surface area contributed by atoms with Gasteiger partial charge in [-0.05, 0) is 31.9 Å². The molecule has 0 bridgehead atoms. The van der Waals surface area contributed by atoms with Crippen LogP contribution in [0.5, 0.6) is 5.75 Å². The highest BCUT2D eigenvalue weighted by Gasteiger charge is 2.23. The number of nitrogens with two attached hydrogens (primary N) is 1. The number of methoxy groups -OCH3 is 1. The third kappa shape index (κ3) is 3.73. The first-order valence-electron chi connectivity index (χ1n) is 9.84. The van der Waals surface area contributed by atoms with E-state index in [1.165, 1.54) is 12.8 Å². The molecule has 8 nitrogen and oxygen atoms in total. The second kappa shape index (κ2) is 8.02. The predicted octanol–water partition coefficient (Wildman–Crippen LogP) is 3.28. The fourth-order valence-corrected chi connectivity index (χ4v) is 3.67. The lowest BCUT2D eigenvalue weighted by atomic mass is 9.91. The van der Waals surface area contributed by atoms with E-state index in [4.69, 9.17) is 20.4 Å². The minimum Gasteiger partial charge on any atom is -0.497 e. The summed E-state index contributed by atoms with van der Waals surface area (Å²) in [4.78, 5) is 14.0. The summed E-state index contributed by atoms with van der Waals surface area (Å²) in [5.41, 5.74) is 8.72. The molecule has 1 aliphatic carbocycles. The Morgan fingerprint density at radius 1 is 1.25 bits per heavy atom. The highest BCUT2D eigenvalue weighted by Crippen LogP contribution is 2.27. The molecule has 0 unspecified atom stereocenters. The molecule has 0 spiro atoms. The van der Waals surface area contributed by atoms with Crippen molar-refractivity contribution in [3.05, 3.63) is 30.6 Å². The van der Waals surface area contributed by atoms with E-state index < -0.39 is 0 Å². The number of ether oxygens (including phenoxy) is 1. The first kappa shape index (κ1) is 18.5. The molecule has 0 saturated heterocycles. The van der Waals surface area contributed by atoms with Gasteiger partial charge in [-0.2, -0.15) is 9.97 Å². The fraction of sp³-hybridized carbons (Fsp3) is 0.450. The van der Waals surface area contributed by atoms with Crippen molar-refractivity contribution in [1.29, 1.82) is 0 Å². The number of benzene rings is 1. The lowest BCUT2D eigenvalue weighted by Gasteiger charge is -2.29. The van der Waals surface area contributed by atoms with Gasteiger partial charge in [0.05, 0.1) is 13.4 Å². The van der Waals surface area contributed by atoms with Gasteiger partial charge in [-0.15, -0.1) is 0 Å². The van der Waals surface area contributed by atoms with Crippen molar-refractivity contribution >= 4 is 28.6 Å². The highest BCUT2D eigenvalue weighted by molar-refractivity contribution is 5.86. The van der Waals surface area contributed by atoms with Crippen molar-refractivity contribution in [1.82, 2.24) is 19.5 Å². The summed E-state index contributed by atoms with van der Waals surface area (Å²) in [6.45, 7) is 2.86. The van der Waals surface area contributed by atoms with Crippen molar-refractivity contribution in [2.45, 2.75) is 51.2 Å². The third-order valence-corrected chi connectivity index (χ3v) is 5.27. The van der Waals surface area contributed by atoms with Crippen LogP contribution >= 0.6 is 0 Å². The maximum Gasteiger partial charge on any atom is 0.227 e. The van der Waals surface area contributed by atoms with Crippen molar-refractivity contribution in [2.24, 2.45) is 5.73 Å². The van der Waals surface area contributed by atoms with Crippen LogP contribution in [0.4, 0.5) is 17.5 Å². The molecule has 3 aromatic rings. The molecule has 2 heterocycles. The Morgan fingerprint density at radius 2 is 2.11 bits per heavy atom. The second-order valence-electron chi connectivity index (χ2n) is 7.15. The van der Waals surface area contributed by atoms with Crippen molar-refractivity contribution in [2.75, 3.05) is 17.7 Å². The average Bonchev–Trinajstić information content (AvgIpc) is 3.13. The summed E-state index contributed by atoms with van der Waals surface area (Å²) >= 11 is 0. The van der Waals surface area contributed by atoms with Gasteiger partial charge in [0.25, 0.3) is 0 Å². The molecule has 1 saturated carbocycles. The number of hydrogen-bond donors (Lipinski definition) is 3. The van der Waals surface area contributed by atoms with E-state index in [1.54, 1.807) is 13.4 Å². The minimum atomic E-state index is 0.124. The zero-order valence-electron chi connectivity index (χ0n) is 16.4. The molecule has 1 aromatic carbocycles. The lowest BCUT2D eigenvalue weighted by molar-refractivity contribution is 0.402. The Kier molecular flexibility index (Phi) is 5.29. The molecule has 0 amide bonds.